The van der Waals surface area contributed by atoms with Gasteiger partial charge in [0.15, 0.2) is 0 Å². The van der Waals surface area contributed by atoms with Crippen LogP contribution < -0.4 is 5.43 Å². The predicted molar refractivity (Wildman–Crippen MR) is 129 cm³/mol. The lowest BCUT2D eigenvalue weighted by atomic mass is 9.81. The number of amides is 2. The molecule has 2 aromatic rings. The molecule has 0 saturated carbocycles. The molecule has 1 N–H and O–H groups in total. The van der Waals surface area contributed by atoms with Crippen LogP contribution in [0.4, 0.5) is 4.79 Å². The monoisotopic (exact) mass is 423 g/mol. The summed E-state index contributed by atoms with van der Waals surface area (Å²) in [7, 11) is 4.00. The van der Waals surface area contributed by atoms with Crippen LogP contribution in [0.2, 0.25) is 0 Å². The molecule has 1 aromatic heterocycles. The molecule has 1 aliphatic heterocycles. The molecule has 6 nitrogen and oxygen atoms in total. The van der Waals surface area contributed by atoms with E-state index in [0.29, 0.717) is 12.6 Å². The molecule has 1 aliphatic carbocycles. The molecule has 4 rings (SSSR count). The van der Waals surface area contributed by atoms with Crippen LogP contribution in [0.1, 0.15) is 50.4 Å². The Balaban J connectivity index is 1.75. The van der Waals surface area contributed by atoms with Gasteiger partial charge in [0.05, 0.1) is 11.7 Å². The molecule has 2 amide bonds. The van der Waals surface area contributed by atoms with Gasteiger partial charge in [0.1, 0.15) is 0 Å². The van der Waals surface area contributed by atoms with Crippen molar-refractivity contribution in [2.45, 2.75) is 59.2 Å². The fourth-order valence-electron chi connectivity index (χ4n) is 5.34. The van der Waals surface area contributed by atoms with Gasteiger partial charge in [-0.2, -0.15) is 0 Å². The average molecular weight is 424 g/mol. The zero-order valence-corrected chi connectivity index (χ0v) is 19.9. The van der Waals surface area contributed by atoms with E-state index in [9.17, 15) is 4.79 Å². The minimum Gasteiger partial charge on any atom is -0.308 e. The lowest BCUT2D eigenvalue weighted by Gasteiger charge is -2.39. The van der Waals surface area contributed by atoms with Crippen molar-refractivity contribution in [3.05, 3.63) is 41.1 Å². The number of aromatic nitrogens is 1. The summed E-state index contributed by atoms with van der Waals surface area (Å²) in [5.74, 6) is 0. The van der Waals surface area contributed by atoms with Crippen molar-refractivity contribution in [1.82, 2.24) is 19.4 Å². The number of urea groups is 1. The number of fused-ring (bicyclic) bond motifs is 2. The van der Waals surface area contributed by atoms with E-state index < -0.39 is 0 Å². The van der Waals surface area contributed by atoms with Gasteiger partial charge >= 0.3 is 6.03 Å². The zero-order chi connectivity index (χ0) is 22.3. The van der Waals surface area contributed by atoms with Crippen LogP contribution in [0.25, 0.3) is 16.5 Å². The Kier molecular flexibility index (Phi) is 6.13. The van der Waals surface area contributed by atoms with E-state index in [4.69, 9.17) is 0 Å². The van der Waals surface area contributed by atoms with Crippen LogP contribution in [-0.2, 0) is 6.42 Å². The van der Waals surface area contributed by atoms with E-state index in [1.54, 1.807) is 0 Å². The molecule has 0 bridgehead atoms. The van der Waals surface area contributed by atoms with Crippen LogP contribution in [0.15, 0.2) is 24.3 Å². The molecule has 2 heterocycles. The maximum Gasteiger partial charge on any atom is 0.337 e. The minimum atomic E-state index is -0.0656. The summed E-state index contributed by atoms with van der Waals surface area (Å²) >= 11 is 0. The van der Waals surface area contributed by atoms with E-state index in [-0.39, 0.29) is 12.2 Å². The lowest BCUT2D eigenvalue weighted by Crippen LogP contribution is -2.49. The first-order valence-corrected chi connectivity index (χ1v) is 11.7. The quantitative estimate of drug-likeness (QED) is 0.706. The Hall–Kier alpha value is -2.31. The van der Waals surface area contributed by atoms with Crippen molar-refractivity contribution in [3.63, 3.8) is 0 Å². The molecular formula is C25H37N5O. The number of rotatable bonds is 6. The number of hydrogen-bond acceptors (Lipinski definition) is 3. The van der Waals surface area contributed by atoms with Gasteiger partial charge in [0.25, 0.3) is 0 Å². The van der Waals surface area contributed by atoms with Gasteiger partial charge in [-0.05, 0) is 83.4 Å². The Morgan fingerprint density at radius 3 is 2.74 bits per heavy atom. The summed E-state index contributed by atoms with van der Waals surface area (Å²) in [5.41, 5.74) is 9.64. The number of carbonyl (C=O) groups is 1. The van der Waals surface area contributed by atoms with Gasteiger partial charge in [-0.25, -0.2) is 10.2 Å². The predicted octanol–water partition coefficient (Wildman–Crippen LogP) is 4.27. The molecule has 2 aliphatic rings. The maximum atomic E-state index is 13.2. The zero-order valence-electron chi connectivity index (χ0n) is 19.9. The first-order chi connectivity index (χ1) is 14.9. The third-order valence-corrected chi connectivity index (χ3v) is 7.16. The van der Waals surface area contributed by atoms with Gasteiger partial charge in [-0.3, -0.25) is 14.5 Å². The van der Waals surface area contributed by atoms with Crippen LogP contribution in [0.3, 0.4) is 0 Å². The van der Waals surface area contributed by atoms with E-state index in [0.717, 1.165) is 37.1 Å². The average Bonchev–Trinajstić information content (AvgIpc) is 3.02. The number of nitrogens with one attached hydrogen (secondary N) is 1. The standard InChI is InChI=1S/C25H37N5O/c1-7-14-28-15-10-12-19-20-11-9-13-22-24(20)21(16-23(19)28)17(3)30(22)26-25(31)29(8-2)18(4)27(5)6/h9,11-13,18,23H,7-8,10,14-16H2,1-6H3,(H,26,31)/t18?,23-/m1/s1. The largest absolute Gasteiger partial charge is 0.337 e. The van der Waals surface area contributed by atoms with Crippen LogP contribution in [0.5, 0.6) is 0 Å². The molecule has 0 radical (unpaired) electrons. The van der Waals surface area contributed by atoms with Gasteiger partial charge in [-0.15, -0.1) is 0 Å². The van der Waals surface area contributed by atoms with Crippen LogP contribution in [-0.4, -0.2) is 71.3 Å². The molecule has 2 atom stereocenters. The molecule has 168 valence electrons. The van der Waals surface area contributed by atoms with Gasteiger partial charge in [0, 0.05) is 30.2 Å². The SMILES string of the molecule is CCCN1CCC=C2c3cccc4c3c(c(C)n4NC(=O)N(CC)C(C)N(C)C)C[C@H]21. The fraction of sp³-hybridized carbons (Fsp3) is 0.560. The summed E-state index contributed by atoms with van der Waals surface area (Å²) in [4.78, 5) is 19.8. The third-order valence-electron chi connectivity index (χ3n) is 7.16. The number of nitrogens with zero attached hydrogens (tertiary/aromatic N) is 4. The number of hydrogen-bond donors (Lipinski definition) is 1. The van der Waals surface area contributed by atoms with Gasteiger partial charge < -0.3 is 4.90 Å². The second-order valence-electron chi connectivity index (χ2n) is 9.10. The van der Waals surface area contributed by atoms with Crippen molar-refractivity contribution in [3.8, 4) is 0 Å². The molecule has 1 unspecified atom stereocenters. The van der Waals surface area contributed by atoms with E-state index in [1.165, 1.54) is 28.5 Å². The summed E-state index contributed by atoms with van der Waals surface area (Å²) < 4.78 is 2.02. The smallest absolute Gasteiger partial charge is 0.308 e. The molecule has 0 saturated heterocycles. The second-order valence-corrected chi connectivity index (χ2v) is 9.10. The highest BCUT2D eigenvalue weighted by Gasteiger charge is 2.34. The fourth-order valence-corrected chi connectivity index (χ4v) is 5.34. The first-order valence-electron chi connectivity index (χ1n) is 11.7. The number of benzene rings is 1. The van der Waals surface area contributed by atoms with E-state index in [2.05, 4.69) is 60.3 Å². The Bertz CT molecular complexity index is 1000. The highest BCUT2D eigenvalue weighted by Crippen LogP contribution is 2.42. The van der Waals surface area contributed by atoms with E-state index >= 15 is 0 Å². The Morgan fingerprint density at radius 2 is 2.06 bits per heavy atom. The van der Waals surface area contributed by atoms with Gasteiger partial charge in [0.2, 0.25) is 0 Å². The van der Waals surface area contributed by atoms with Crippen LogP contribution >= 0.6 is 0 Å². The molecular weight excluding hydrogens is 386 g/mol. The highest BCUT2D eigenvalue weighted by molar-refractivity contribution is 6.00. The minimum absolute atomic E-state index is 0.0217. The molecule has 0 spiro atoms. The lowest BCUT2D eigenvalue weighted by molar-refractivity contribution is 0.124. The molecule has 6 heteroatoms. The van der Waals surface area contributed by atoms with Crippen molar-refractivity contribution in [2.24, 2.45) is 0 Å². The van der Waals surface area contributed by atoms with Gasteiger partial charge in [-0.1, -0.05) is 25.1 Å². The van der Waals surface area contributed by atoms with Crippen molar-refractivity contribution >= 4 is 22.5 Å². The number of carbonyl (C=O) groups excluding carboxylic acids is 1. The first kappa shape index (κ1) is 21.9. The van der Waals surface area contributed by atoms with Crippen LogP contribution in [0, 0.1) is 6.92 Å². The summed E-state index contributed by atoms with van der Waals surface area (Å²) in [6.45, 7) is 11.4. The normalized spacial score (nSPS) is 19.3. The third kappa shape index (κ3) is 3.66. The molecule has 1 aromatic carbocycles. The highest BCUT2D eigenvalue weighted by atomic mass is 16.2. The topological polar surface area (TPSA) is 43.8 Å². The van der Waals surface area contributed by atoms with Crippen molar-refractivity contribution in [2.75, 3.05) is 39.2 Å². The van der Waals surface area contributed by atoms with Crippen molar-refractivity contribution < 1.29 is 4.79 Å². The van der Waals surface area contributed by atoms with Crippen molar-refractivity contribution in [1.29, 1.82) is 0 Å². The molecule has 31 heavy (non-hydrogen) atoms. The second kappa shape index (κ2) is 8.67. The summed E-state index contributed by atoms with van der Waals surface area (Å²) in [6.07, 6.45) is 5.76. The summed E-state index contributed by atoms with van der Waals surface area (Å²) in [6, 6.07) is 6.90. The maximum absolute atomic E-state index is 13.2. The summed E-state index contributed by atoms with van der Waals surface area (Å²) in [5, 5.41) is 1.31. The Labute approximate surface area is 186 Å². The molecule has 0 fully saturated rings. The van der Waals surface area contributed by atoms with E-state index in [1.807, 2.05) is 30.6 Å². The Morgan fingerprint density at radius 1 is 1.29 bits per heavy atom.